The van der Waals surface area contributed by atoms with Crippen LogP contribution in [0.4, 0.5) is 0 Å². The van der Waals surface area contributed by atoms with Crippen LogP contribution in [0.15, 0.2) is 0 Å². The molecule has 1 aliphatic heterocycles. The number of carbonyl (C=O) groups is 1. The molecule has 1 heterocycles. The Morgan fingerprint density at radius 3 is 2.78 bits per heavy atom. The molecule has 1 saturated heterocycles. The van der Waals surface area contributed by atoms with Crippen molar-refractivity contribution in [2.24, 2.45) is 5.92 Å². The Bertz CT molecular complexity index is 261. The summed E-state index contributed by atoms with van der Waals surface area (Å²) in [5.74, 6) is 1.23. The number of amides is 1. The highest BCUT2D eigenvalue weighted by molar-refractivity contribution is 5.76. The molecule has 1 amide bonds. The third-order valence-electron chi connectivity index (χ3n) is 4.32. The smallest absolute Gasteiger partial charge is 0.222 e. The van der Waals surface area contributed by atoms with Crippen LogP contribution in [-0.4, -0.2) is 36.6 Å². The fraction of sp³-hybridized carbons (Fsp3) is 0.933. The van der Waals surface area contributed by atoms with Gasteiger partial charge in [0.05, 0.1) is 12.7 Å². The monoisotopic (exact) mass is 253 g/mol. The zero-order valence-corrected chi connectivity index (χ0v) is 11.7. The average molecular weight is 253 g/mol. The van der Waals surface area contributed by atoms with Crippen molar-refractivity contribution in [3.05, 3.63) is 0 Å². The van der Waals surface area contributed by atoms with E-state index < -0.39 is 0 Å². The van der Waals surface area contributed by atoms with Crippen LogP contribution < -0.4 is 0 Å². The predicted octanol–water partition coefficient (Wildman–Crippen LogP) is 2.98. The van der Waals surface area contributed by atoms with Gasteiger partial charge in [-0.1, -0.05) is 32.1 Å². The maximum Gasteiger partial charge on any atom is 0.222 e. The van der Waals surface area contributed by atoms with Crippen LogP contribution in [0, 0.1) is 5.92 Å². The highest BCUT2D eigenvalue weighted by atomic mass is 16.5. The molecule has 0 aromatic heterocycles. The van der Waals surface area contributed by atoms with Gasteiger partial charge in [0.2, 0.25) is 5.91 Å². The molecule has 2 fully saturated rings. The van der Waals surface area contributed by atoms with E-state index in [1.165, 1.54) is 38.5 Å². The lowest BCUT2D eigenvalue weighted by Gasteiger charge is -2.31. The Labute approximate surface area is 111 Å². The predicted molar refractivity (Wildman–Crippen MR) is 72.4 cm³/mol. The second-order valence-electron chi connectivity index (χ2n) is 5.92. The van der Waals surface area contributed by atoms with Gasteiger partial charge >= 0.3 is 0 Å². The molecule has 0 bridgehead atoms. The van der Waals surface area contributed by atoms with Crippen molar-refractivity contribution in [3.8, 4) is 0 Å². The van der Waals surface area contributed by atoms with Gasteiger partial charge in [-0.25, -0.2) is 0 Å². The first kappa shape index (κ1) is 13.9. The zero-order valence-electron chi connectivity index (χ0n) is 11.7. The molecule has 2 rings (SSSR count). The minimum atomic E-state index is 0.209. The fourth-order valence-electron chi connectivity index (χ4n) is 3.22. The van der Waals surface area contributed by atoms with Crippen molar-refractivity contribution >= 4 is 5.91 Å². The molecule has 18 heavy (non-hydrogen) atoms. The van der Waals surface area contributed by atoms with Crippen LogP contribution in [-0.2, 0) is 9.53 Å². The number of morpholine rings is 1. The van der Waals surface area contributed by atoms with Gasteiger partial charge in [-0.2, -0.15) is 0 Å². The van der Waals surface area contributed by atoms with Crippen molar-refractivity contribution in [1.29, 1.82) is 0 Å². The summed E-state index contributed by atoms with van der Waals surface area (Å²) in [5.41, 5.74) is 0. The van der Waals surface area contributed by atoms with Gasteiger partial charge in [0.25, 0.3) is 0 Å². The molecule has 0 spiro atoms. The van der Waals surface area contributed by atoms with E-state index in [9.17, 15) is 4.79 Å². The highest BCUT2D eigenvalue weighted by Crippen LogP contribution is 2.27. The van der Waals surface area contributed by atoms with Crippen molar-refractivity contribution in [2.75, 3.05) is 19.7 Å². The molecule has 2 aliphatic rings. The van der Waals surface area contributed by atoms with Crippen molar-refractivity contribution in [2.45, 2.75) is 64.4 Å². The van der Waals surface area contributed by atoms with Gasteiger partial charge in [0.1, 0.15) is 0 Å². The van der Waals surface area contributed by atoms with Gasteiger partial charge in [-0.3, -0.25) is 4.79 Å². The topological polar surface area (TPSA) is 29.5 Å². The molecule has 1 saturated carbocycles. The lowest BCUT2D eigenvalue weighted by atomic mass is 9.86. The highest BCUT2D eigenvalue weighted by Gasteiger charge is 2.21. The number of hydrogen-bond donors (Lipinski definition) is 0. The van der Waals surface area contributed by atoms with Gasteiger partial charge in [0.15, 0.2) is 0 Å². The van der Waals surface area contributed by atoms with Crippen LogP contribution in [0.5, 0.6) is 0 Å². The molecule has 3 heteroatoms. The van der Waals surface area contributed by atoms with Gasteiger partial charge in [0, 0.05) is 19.5 Å². The Hall–Kier alpha value is -0.570. The number of ether oxygens (including phenoxy) is 1. The fourth-order valence-corrected chi connectivity index (χ4v) is 3.22. The standard InChI is InChI=1S/C15H27NO2/c1-13-12-16(10-11-18-13)15(17)9-5-8-14-6-3-2-4-7-14/h13-14H,2-12H2,1H3. The summed E-state index contributed by atoms with van der Waals surface area (Å²) in [6.45, 7) is 4.31. The number of carbonyl (C=O) groups excluding carboxylic acids is 1. The summed E-state index contributed by atoms with van der Waals surface area (Å²) in [5, 5.41) is 0. The first-order chi connectivity index (χ1) is 8.75. The summed E-state index contributed by atoms with van der Waals surface area (Å²) in [6.07, 6.45) is 10.3. The van der Waals surface area contributed by atoms with E-state index in [1.54, 1.807) is 0 Å². The Morgan fingerprint density at radius 1 is 1.28 bits per heavy atom. The minimum absolute atomic E-state index is 0.209. The maximum atomic E-state index is 12.1. The summed E-state index contributed by atoms with van der Waals surface area (Å²) >= 11 is 0. The Balaban J connectivity index is 1.61. The van der Waals surface area contributed by atoms with Gasteiger partial charge in [-0.15, -0.1) is 0 Å². The maximum absolute atomic E-state index is 12.1. The third-order valence-corrected chi connectivity index (χ3v) is 4.32. The van der Waals surface area contributed by atoms with Crippen LogP contribution in [0.1, 0.15) is 58.3 Å². The molecular weight excluding hydrogens is 226 g/mol. The van der Waals surface area contributed by atoms with Crippen LogP contribution in [0.25, 0.3) is 0 Å². The summed E-state index contributed by atoms with van der Waals surface area (Å²) in [6, 6.07) is 0. The van der Waals surface area contributed by atoms with Gasteiger partial charge in [-0.05, 0) is 25.7 Å². The third kappa shape index (κ3) is 4.27. The normalized spacial score (nSPS) is 26.3. The lowest BCUT2D eigenvalue weighted by Crippen LogP contribution is -2.44. The van der Waals surface area contributed by atoms with Crippen LogP contribution >= 0.6 is 0 Å². The average Bonchev–Trinajstić information content (AvgIpc) is 2.40. The van der Waals surface area contributed by atoms with Crippen LogP contribution in [0.2, 0.25) is 0 Å². The SMILES string of the molecule is CC1CN(C(=O)CCCC2CCCCC2)CCO1. The van der Waals surface area contributed by atoms with E-state index in [-0.39, 0.29) is 6.10 Å². The molecule has 104 valence electrons. The van der Waals surface area contributed by atoms with Crippen molar-refractivity contribution in [1.82, 2.24) is 4.90 Å². The van der Waals surface area contributed by atoms with E-state index in [4.69, 9.17) is 4.74 Å². The Morgan fingerprint density at radius 2 is 2.06 bits per heavy atom. The van der Waals surface area contributed by atoms with Crippen molar-refractivity contribution in [3.63, 3.8) is 0 Å². The molecule has 1 aliphatic carbocycles. The molecule has 0 aromatic rings. The van der Waals surface area contributed by atoms with Crippen LogP contribution in [0.3, 0.4) is 0 Å². The molecule has 1 atom stereocenters. The first-order valence-electron chi connectivity index (χ1n) is 7.65. The summed E-state index contributed by atoms with van der Waals surface area (Å²) in [7, 11) is 0. The lowest BCUT2D eigenvalue weighted by molar-refractivity contribution is -0.138. The Kier molecular flexibility index (Phi) is 5.48. The molecule has 1 unspecified atom stereocenters. The molecule has 0 N–H and O–H groups in total. The van der Waals surface area contributed by atoms with E-state index in [1.807, 2.05) is 11.8 Å². The van der Waals surface area contributed by atoms with E-state index in [0.29, 0.717) is 12.5 Å². The van der Waals surface area contributed by atoms with Gasteiger partial charge < -0.3 is 9.64 Å². The quantitative estimate of drug-likeness (QED) is 0.771. The second kappa shape index (κ2) is 7.13. The van der Waals surface area contributed by atoms with E-state index in [2.05, 4.69) is 0 Å². The molecule has 0 aromatic carbocycles. The number of hydrogen-bond acceptors (Lipinski definition) is 2. The first-order valence-corrected chi connectivity index (χ1v) is 7.65. The minimum Gasteiger partial charge on any atom is -0.375 e. The number of nitrogens with zero attached hydrogens (tertiary/aromatic N) is 1. The molecule has 3 nitrogen and oxygen atoms in total. The molecule has 0 radical (unpaired) electrons. The van der Waals surface area contributed by atoms with E-state index in [0.717, 1.165) is 31.8 Å². The summed E-state index contributed by atoms with van der Waals surface area (Å²) < 4.78 is 5.46. The van der Waals surface area contributed by atoms with E-state index >= 15 is 0 Å². The zero-order chi connectivity index (χ0) is 12.8. The largest absolute Gasteiger partial charge is 0.375 e. The second-order valence-corrected chi connectivity index (χ2v) is 5.92. The molecular formula is C15H27NO2. The van der Waals surface area contributed by atoms with Crippen molar-refractivity contribution < 1.29 is 9.53 Å². The number of rotatable bonds is 4. The summed E-state index contributed by atoms with van der Waals surface area (Å²) in [4.78, 5) is 14.0.